The van der Waals surface area contributed by atoms with Gasteiger partial charge in [-0.1, -0.05) is 17.7 Å². The van der Waals surface area contributed by atoms with Crippen LogP contribution >= 0.6 is 0 Å². The lowest BCUT2D eigenvalue weighted by atomic mass is 10.2. The van der Waals surface area contributed by atoms with Gasteiger partial charge in [-0.2, -0.15) is 5.11 Å². The van der Waals surface area contributed by atoms with Gasteiger partial charge in [-0.15, -0.1) is 5.11 Å². The molecule has 4 nitrogen and oxygen atoms in total. The van der Waals surface area contributed by atoms with E-state index in [1.807, 2.05) is 38.1 Å². The van der Waals surface area contributed by atoms with Crippen LogP contribution in [0.25, 0.3) is 0 Å². The summed E-state index contributed by atoms with van der Waals surface area (Å²) in [5.74, 6) is 0.731. The summed E-state index contributed by atoms with van der Waals surface area (Å²) in [6, 6.07) is 7.85. The summed E-state index contributed by atoms with van der Waals surface area (Å²) in [6.07, 6.45) is 3.31. The van der Waals surface area contributed by atoms with Crippen molar-refractivity contribution < 1.29 is 0 Å². The largest absolute Gasteiger partial charge is 0.239 e. The van der Waals surface area contributed by atoms with Gasteiger partial charge in [0.1, 0.15) is 11.5 Å². The van der Waals surface area contributed by atoms with Crippen molar-refractivity contribution in [2.45, 2.75) is 13.8 Å². The summed E-state index contributed by atoms with van der Waals surface area (Å²) in [5, 5.41) is 8.14. The average Bonchev–Trinajstić information content (AvgIpc) is 2.30. The average molecular weight is 212 g/mol. The first kappa shape index (κ1) is 10.4. The molecule has 0 N–H and O–H groups in total. The zero-order valence-corrected chi connectivity index (χ0v) is 9.25. The number of aromatic nitrogens is 2. The molecule has 2 aromatic rings. The van der Waals surface area contributed by atoms with Gasteiger partial charge in [0, 0.05) is 0 Å². The van der Waals surface area contributed by atoms with Crippen LogP contribution in [0.5, 0.6) is 0 Å². The van der Waals surface area contributed by atoms with Crippen molar-refractivity contribution in [2.75, 3.05) is 0 Å². The second-order valence-electron chi connectivity index (χ2n) is 3.52. The Morgan fingerprint density at radius 2 is 1.38 bits per heavy atom. The van der Waals surface area contributed by atoms with E-state index in [-0.39, 0.29) is 0 Å². The summed E-state index contributed by atoms with van der Waals surface area (Å²) in [4.78, 5) is 8.08. The Labute approximate surface area is 94.1 Å². The highest BCUT2D eigenvalue weighted by Gasteiger charge is 1.92. The third kappa shape index (κ3) is 2.70. The minimum atomic E-state index is 0.658. The maximum atomic E-state index is 4.09. The maximum Gasteiger partial charge on any atom is 0.125 e. The molecule has 0 saturated carbocycles. The highest BCUT2D eigenvalue weighted by atomic mass is 15.1. The molecular formula is C12H12N4. The Morgan fingerprint density at radius 1 is 0.812 bits per heavy atom. The molecular weight excluding hydrogens is 200 g/mol. The number of aryl methyl sites for hydroxylation is 2. The Hall–Kier alpha value is -2.10. The fourth-order valence-electron chi connectivity index (χ4n) is 1.16. The molecule has 0 aliphatic rings. The Morgan fingerprint density at radius 3 is 2.00 bits per heavy atom. The zero-order valence-electron chi connectivity index (χ0n) is 9.25. The van der Waals surface area contributed by atoms with Crippen molar-refractivity contribution in [3.05, 3.63) is 48.0 Å². The molecule has 2 rings (SSSR count). The predicted octanol–water partition coefficient (Wildman–Crippen LogP) is 3.51. The Bertz CT molecular complexity index is 438. The summed E-state index contributed by atoms with van der Waals surface area (Å²) in [6.45, 7) is 3.87. The molecule has 0 bridgehead atoms. The molecule has 0 fully saturated rings. The van der Waals surface area contributed by atoms with Crippen LogP contribution in [0.1, 0.15) is 11.4 Å². The lowest BCUT2D eigenvalue weighted by molar-refractivity contribution is 1.04. The smallest absolute Gasteiger partial charge is 0.125 e. The van der Waals surface area contributed by atoms with Crippen LogP contribution in [0, 0.1) is 13.8 Å². The summed E-state index contributed by atoms with van der Waals surface area (Å²) >= 11 is 0. The first-order valence-corrected chi connectivity index (χ1v) is 5.01. The molecule has 0 atom stereocenters. The van der Waals surface area contributed by atoms with Crippen LogP contribution in [0.15, 0.2) is 46.9 Å². The van der Waals surface area contributed by atoms with Crippen LogP contribution in [0.3, 0.4) is 0 Å². The Kier molecular flexibility index (Phi) is 3.00. The topological polar surface area (TPSA) is 50.5 Å². The molecule has 0 radical (unpaired) electrons. The van der Waals surface area contributed by atoms with Gasteiger partial charge in [-0.05, 0) is 26.0 Å². The van der Waals surface area contributed by atoms with Gasteiger partial charge in [0.05, 0.1) is 18.1 Å². The highest BCUT2D eigenvalue weighted by molar-refractivity contribution is 5.39. The van der Waals surface area contributed by atoms with Gasteiger partial charge >= 0.3 is 0 Å². The first-order chi connectivity index (χ1) is 7.74. The van der Waals surface area contributed by atoms with Crippen LogP contribution in [0.4, 0.5) is 11.4 Å². The van der Waals surface area contributed by atoms with Crippen LogP contribution in [-0.4, -0.2) is 9.97 Å². The quantitative estimate of drug-likeness (QED) is 0.715. The number of rotatable bonds is 2. The van der Waals surface area contributed by atoms with Crippen molar-refractivity contribution >= 4 is 11.4 Å². The SMILES string of the molecule is Cc1ccc(N=Nc2cnc(C)nc2)cc1. The van der Waals surface area contributed by atoms with Crippen LogP contribution in [-0.2, 0) is 0 Å². The van der Waals surface area contributed by atoms with E-state index in [9.17, 15) is 0 Å². The molecule has 4 heteroatoms. The lowest BCUT2D eigenvalue weighted by Crippen LogP contribution is -1.82. The minimum Gasteiger partial charge on any atom is -0.239 e. The highest BCUT2D eigenvalue weighted by Crippen LogP contribution is 2.16. The van der Waals surface area contributed by atoms with E-state index in [0.717, 1.165) is 11.5 Å². The molecule has 0 saturated heterocycles. The van der Waals surface area contributed by atoms with E-state index >= 15 is 0 Å². The molecule has 1 heterocycles. The lowest BCUT2D eigenvalue weighted by Gasteiger charge is -1.94. The minimum absolute atomic E-state index is 0.658. The van der Waals surface area contributed by atoms with Crippen molar-refractivity contribution in [1.82, 2.24) is 9.97 Å². The molecule has 1 aromatic carbocycles. The van der Waals surface area contributed by atoms with Gasteiger partial charge < -0.3 is 0 Å². The van der Waals surface area contributed by atoms with E-state index in [4.69, 9.17) is 0 Å². The van der Waals surface area contributed by atoms with Crippen molar-refractivity contribution in [3.63, 3.8) is 0 Å². The number of hydrogen-bond donors (Lipinski definition) is 0. The molecule has 1 aromatic heterocycles. The standard InChI is InChI=1S/C12H12N4/c1-9-3-5-11(6-4-9)15-16-12-7-13-10(2)14-8-12/h3-8H,1-2H3. The summed E-state index contributed by atoms with van der Waals surface area (Å²) in [5.41, 5.74) is 2.69. The second kappa shape index (κ2) is 4.61. The number of benzene rings is 1. The Balaban J connectivity index is 2.15. The normalized spacial score (nSPS) is 10.9. The van der Waals surface area contributed by atoms with E-state index in [1.165, 1.54) is 5.56 Å². The van der Waals surface area contributed by atoms with Crippen LogP contribution in [0.2, 0.25) is 0 Å². The zero-order chi connectivity index (χ0) is 11.4. The molecule has 0 spiro atoms. The van der Waals surface area contributed by atoms with Gasteiger partial charge in [-0.3, -0.25) is 0 Å². The third-order valence-corrected chi connectivity index (χ3v) is 2.08. The molecule has 80 valence electrons. The molecule has 0 amide bonds. The van der Waals surface area contributed by atoms with Crippen LogP contribution < -0.4 is 0 Å². The number of hydrogen-bond acceptors (Lipinski definition) is 4. The molecule has 0 aliphatic carbocycles. The second-order valence-corrected chi connectivity index (χ2v) is 3.52. The molecule has 0 aliphatic heterocycles. The van der Waals surface area contributed by atoms with E-state index in [1.54, 1.807) is 12.4 Å². The maximum absolute atomic E-state index is 4.09. The van der Waals surface area contributed by atoms with Gasteiger partial charge in [0.15, 0.2) is 0 Å². The van der Waals surface area contributed by atoms with Gasteiger partial charge in [-0.25, -0.2) is 9.97 Å². The molecule has 0 unspecified atom stereocenters. The molecule has 16 heavy (non-hydrogen) atoms. The first-order valence-electron chi connectivity index (χ1n) is 5.01. The predicted molar refractivity (Wildman–Crippen MR) is 62.1 cm³/mol. The fourth-order valence-corrected chi connectivity index (χ4v) is 1.16. The van der Waals surface area contributed by atoms with E-state index in [2.05, 4.69) is 20.2 Å². The van der Waals surface area contributed by atoms with Crippen molar-refractivity contribution in [3.8, 4) is 0 Å². The third-order valence-electron chi connectivity index (χ3n) is 2.08. The van der Waals surface area contributed by atoms with Gasteiger partial charge in [0.2, 0.25) is 0 Å². The van der Waals surface area contributed by atoms with Crippen molar-refractivity contribution in [1.29, 1.82) is 0 Å². The van der Waals surface area contributed by atoms with Crippen molar-refractivity contribution in [2.24, 2.45) is 10.2 Å². The van der Waals surface area contributed by atoms with E-state index in [0.29, 0.717) is 5.69 Å². The number of azo groups is 1. The number of nitrogens with zero attached hydrogens (tertiary/aromatic N) is 4. The summed E-state index contributed by atoms with van der Waals surface area (Å²) in [7, 11) is 0. The summed E-state index contributed by atoms with van der Waals surface area (Å²) < 4.78 is 0. The fraction of sp³-hybridized carbons (Fsp3) is 0.167. The van der Waals surface area contributed by atoms with E-state index < -0.39 is 0 Å². The monoisotopic (exact) mass is 212 g/mol. The van der Waals surface area contributed by atoms with Gasteiger partial charge in [0.25, 0.3) is 0 Å².